The molecular formula is C65H46F6N8O10. The molecule has 10 rings (SSSR count). The molecule has 18 nitrogen and oxygen atoms in total. The number of fused-ring (bicyclic) bond motifs is 2. The van der Waals surface area contributed by atoms with Crippen LogP contribution in [-0.2, 0) is 5.41 Å². The van der Waals surface area contributed by atoms with Gasteiger partial charge in [-0.25, -0.2) is 0 Å². The number of anilines is 4. The maximum Gasteiger partial charge on any atom is 0.411 e. The summed E-state index contributed by atoms with van der Waals surface area (Å²) < 4.78 is 106. The Balaban J connectivity index is 0.971. The number of phenolic OH excluding ortho intramolecular Hbond substituents is 4. The van der Waals surface area contributed by atoms with Gasteiger partial charge in [0.15, 0.2) is 11.5 Å². The number of hydrogen-bond donors (Lipinski definition) is 8. The average molecular weight is 1210 g/mol. The van der Waals surface area contributed by atoms with Crippen molar-refractivity contribution in [2.75, 3.05) is 35.5 Å². The summed E-state index contributed by atoms with van der Waals surface area (Å²) in [6.07, 6.45) is -12.6. The van der Waals surface area contributed by atoms with Crippen molar-refractivity contribution in [3.05, 3.63) is 228 Å². The summed E-state index contributed by atoms with van der Waals surface area (Å²) in [4.78, 5) is 54.8. The molecule has 0 unspecified atom stereocenters. The second kappa shape index (κ2) is 24.6. The molecular weight excluding hydrogens is 1170 g/mol. The highest BCUT2D eigenvalue weighted by molar-refractivity contribution is 6.14. The third-order valence-corrected chi connectivity index (χ3v) is 14.1. The Morgan fingerprint density at radius 2 is 0.775 bits per heavy atom. The number of azo groups is 2. The number of hydrogen-bond acceptors (Lipinski definition) is 14. The quantitative estimate of drug-likeness (QED) is 0.0258. The number of carbonyl (C=O) groups excluding carboxylic acids is 4. The number of ether oxygens (including phenoxy) is 2. The fourth-order valence-electron chi connectivity index (χ4n) is 9.76. The van der Waals surface area contributed by atoms with Crippen molar-refractivity contribution >= 4 is 90.7 Å². The molecule has 0 heterocycles. The predicted octanol–water partition coefficient (Wildman–Crippen LogP) is 16.1. The van der Waals surface area contributed by atoms with Gasteiger partial charge in [0.1, 0.15) is 45.7 Å². The Hall–Kier alpha value is -11.8. The molecule has 4 amide bonds. The zero-order valence-electron chi connectivity index (χ0n) is 46.3. The highest BCUT2D eigenvalue weighted by Crippen LogP contribution is 2.58. The van der Waals surface area contributed by atoms with Crippen molar-refractivity contribution in [1.82, 2.24) is 0 Å². The SMILES string of the molecule is COc1ccc(C(=O)Nc2ccccc2)cc1N=Nc1c(O)c(C(=O)Nc2cc(C(c3ccc(O)c(NC(=O)c4cc5ccccc5c(N=Nc5cc(C(=O)Nc6ccccc6)ccc5OC)c4O)c3)(C(F)(F)F)C(F)(F)F)ccc2O)cc2ccccc12. The average Bonchev–Trinajstić information content (AvgIpc) is 0.780. The van der Waals surface area contributed by atoms with E-state index in [1.165, 1.54) is 74.9 Å². The number of para-hydroxylation sites is 2. The van der Waals surface area contributed by atoms with Gasteiger partial charge in [-0.15, -0.1) is 20.5 Å². The minimum Gasteiger partial charge on any atom is -0.506 e. The Morgan fingerprint density at radius 1 is 0.404 bits per heavy atom. The van der Waals surface area contributed by atoms with Crippen LogP contribution in [0.2, 0.25) is 0 Å². The van der Waals surface area contributed by atoms with E-state index < -0.39 is 98.0 Å². The van der Waals surface area contributed by atoms with Crippen LogP contribution in [0.1, 0.15) is 52.6 Å². The molecule has 0 aliphatic rings. The van der Waals surface area contributed by atoms with E-state index in [4.69, 9.17) is 9.47 Å². The standard InChI is InChI=1S/C65H46F6N8O10/c1-88-53-27-21-37(59(84)72-41-15-5-3-6-16-41)31-49(53)76-78-55-43-19-11-9-13-35(43)29-45(57(55)82)61(86)74-47-33-39(23-25-51(47)80)63(64(66,67)68,65(69,70)71)40-24-26-52(81)48(34-40)75-62(87)46-30-36-14-10-12-20-44(36)56(58(46)83)79-77-50-32-38(22-28-54(50)89-2)60(85)73-42-17-7-4-8-18-42/h3-34,80-83H,1-2H3,(H,72,84)(H,73,85)(H,74,86)(H,75,87). The smallest absolute Gasteiger partial charge is 0.411 e. The van der Waals surface area contributed by atoms with Gasteiger partial charge in [-0.1, -0.05) is 97.1 Å². The van der Waals surface area contributed by atoms with E-state index in [0.29, 0.717) is 35.6 Å². The topological polar surface area (TPSA) is 265 Å². The van der Waals surface area contributed by atoms with Gasteiger partial charge in [-0.2, -0.15) is 26.3 Å². The second-order valence-corrected chi connectivity index (χ2v) is 19.6. The third kappa shape index (κ3) is 12.1. The number of alkyl halides is 6. The van der Waals surface area contributed by atoms with Crippen molar-refractivity contribution in [3.8, 4) is 34.5 Å². The number of nitrogens with zero attached hydrogens (tertiary/aromatic N) is 4. The summed E-state index contributed by atoms with van der Waals surface area (Å²) >= 11 is 0. The summed E-state index contributed by atoms with van der Waals surface area (Å²) in [5.74, 6) is -7.28. The maximum absolute atomic E-state index is 15.9. The van der Waals surface area contributed by atoms with Gasteiger partial charge >= 0.3 is 12.4 Å². The van der Waals surface area contributed by atoms with Crippen molar-refractivity contribution < 1.29 is 75.4 Å². The first-order chi connectivity index (χ1) is 42.6. The van der Waals surface area contributed by atoms with Gasteiger partial charge in [0, 0.05) is 33.3 Å². The van der Waals surface area contributed by atoms with E-state index in [1.54, 1.807) is 84.9 Å². The minimum atomic E-state index is -6.32. The summed E-state index contributed by atoms with van der Waals surface area (Å²) in [6.45, 7) is 0. The Kier molecular flexibility index (Phi) is 16.7. The number of nitrogens with one attached hydrogen (secondary N) is 4. The fourth-order valence-corrected chi connectivity index (χ4v) is 9.76. The first-order valence-electron chi connectivity index (χ1n) is 26.4. The third-order valence-electron chi connectivity index (χ3n) is 14.1. The lowest BCUT2D eigenvalue weighted by molar-refractivity contribution is -0.288. The van der Waals surface area contributed by atoms with Gasteiger partial charge in [0.25, 0.3) is 23.6 Å². The molecule has 10 aromatic carbocycles. The van der Waals surface area contributed by atoms with E-state index in [2.05, 4.69) is 41.7 Å². The van der Waals surface area contributed by atoms with E-state index in [9.17, 15) is 39.6 Å². The van der Waals surface area contributed by atoms with Crippen LogP contribution in [0, 0.1) is 0 Å². The van der Waals surface area contributed by atoms with Gasteiger partial charge in [-0.3, -0.25) is 19.2 Å². The summed E-state index contributed by atoms with van der Waals surface area (Å²) in [5.41, 5.74) is -11.1. The number of rotatable bonds is 16. The summed E-state index contributed by atoms with van der Waals surface area (Å²) in [5, 5.41) is 72.9. The largest absolute Gasteiger partial charge is 0.506 e. The highest BCUT2D eigenvalue weighted by Gasteiger charge is 2.72. The molecule has 0 aliphatic carbocycles. The normalized spacial score (nSPS) is 11.9. The lowest BCUT2D eigenvalue weighted by Crippen LogP contribution is -2.54. The zero-order valence-corrected chi connectivity index (χ0v) is 46.3. The number of carbonyl (C=O) groups is 4. The van der Waals surface area contributed by atoms with E-state index in [1.807, 2.05) is 0 Å². The second-order valence-electron chi connectivity index (χ2n) is 19.6. The number of amides is 4. The van der Waals surface area contributed by atoms with Gasteiger partial charge in [0.05, 0.1) is 36.7 Å². The molecule has 8 N–H and O–H groups in total. The van der Waals surface area contributed by atoms with Crippen molar-refractivity contribution in [3.63, 3.8) is 0 Å². The minimum absolute atomic E-state index is 0.0125. The molecule has 10 aromatic rings. The lowest BCUT2D eigenvalue weighted by atomic mass is 9.72. The van der Waals surface area contributed by atoms with Crippen LogP contribution in [-0.4, -0.2) is 70.6 Å². The van der Waals surface area contributed by atoms with Crippen LogP contribution in [0.3, 0.4) is 0 Å². The van der Waals surface area contributed by atoms with Crippen LogP contribution in [0.4, 0.5) is 71.8 Å². The van der Waals surface area contributed by atoms with Crippen LogP contribution < -0.4 is 30.7 Å². The predicted molar refractivity (Wildman–Crippen MR) is 319 cm³/mol. The van der Waals surface area contributed by atoms with Crippen molar-refractivity contribution in [2.24, 2.45) is 20.5 Å². The molecule has 0 bridgehead atoms. The Bertz CT molecular complexity index is 4210. The Morgan fingerprint density at radius 3 is 1.15 bits per heavy atom. The Labute approximate surface area is 500 Å². The van der Waals surface area contributed by atoms with Crippen LogP contribution in [0.15, 0.2) is 215 Å². The lowest BCUT2D eigenvalue weighted by Gasteiger charge is -2.38. The number of aromatic hydroxyl groups is 4. The monoisotopic (exact) mass is 1210 g/mol. The molecule has 24 heteroatoms. The van der Waals surface area contributed by atoms with Gasteiger partial charge < -0.3 is 51.2 Å². The maximum atomic E-state index is 15.9. The molecule has 0 aromatic heterocycles. The van der Waals surface area contributed by atoms with Crippen LogP contribution in [0.25, 0.3) is 21.5 Å². The zero-order chi connectivity index (χ0) is 63.4. The van der Waals surface area contributed by atoms with Crippen molar-refractivity contribution in [2.45, 2.75) is 17.8 Å². The molecule has 0 radical (unpaired) electrons. The number of methoxy groups -OCH3 is 2. The molecule has 448 valence electrons. The molecule has 0 atom stereocenters. The summed E-state index contributed by atoms with van der Waals surface area (Å²) in [7, 11) is 2.64. The molecule has 89 heavy (non-hydrogen) atoms. The van der Waals surface area contributed by atoms with Gasteiger partial charge in [0.2, 0.25) is 5.41 Å². The first-order valence-corrected chi connectivity index (χ1v) is 26.4. The molecule has 0 fully saturated rings. The van der Waals surface area contributed by atoms with Gasteiger partial charge in [-0.05, 0) is 119 Å². The molecule has 0 saturated carbocycles. The fraction of sp³-hybridized carbons (Fsp3) is 0.0769. The molecule has 0 spiro atoms. The van der Waals surface area contributed by atoms with Crippen molar-refractivity contribution in [1.29, 1.82) is 0 Å². The van der Waals surface area contributed by atoms with E-state index >= 15 is 26.3 Å². The number of halogens is 6. The van der Waals surface area contributed by atoms with E-state index in [0.717, 1.165) is 12.1 Å². The molecule has 0 saturated heterocycles. The number of phenols is 4. The van der Waals surface area contributed by atoms with Crippen LogP contribution in [0.5, 0.6) is 34.5 Å². The number of benzene rings is 10. The summed E-state index contributed by atoms with van der Waals surface area (Å²) in [6, 6.07) is 42.1. The van der Waals surface area contributed by atoms with Crippen LogP contribution >= 0.6 is 0 Å². The first kappa shape index (κ1) is 60.3. The van der Waals surface area contributed by atoms with E-state index in [-0.39, 0.29) is 79.1 Å². The molecule has 0 aliphatic heterocycles. The highest BCUT2D eigenvalue weighted by atomic mass is 19.4.